The van der Waals surface area contributed by atoms with E-state index in [2.05, 4.69) is 92.5 Å². The first kappa shape index (κ1) is 32.0. The molecule has 240 valence electrons. The minimum absolute atomic E-state index is 0.215. The molecule has 0 aliphatic heterocycles. The molecule has 1 aliphatic rings. The predicted molar refractivity (Wildman–Crippen MR) is 197 cm³/mol. The highest BCUT2D eigenvalue weighted by molar-refractivity contribution is 9.10. The molecule has 0 saturated carbocycles. The van der Waals surface area contributed by atoms with Gasteiger partial charge in [-0.3, -0.25) is 0 Å². The Labute approximate surface area is 297 Å². The second-order valence-corrected chi connectivity index (χ2v) is 14.0. The van der Waals surface area contributed by atoms with Crippen LogP contribution < -0.4 is 9.47 Å². The molecule has 7 rings (SSSR count). The molecule has 6 heteroatoms. The van der Waals surface area contributed by atoms with Gasteiger partial charge in [0.15, 0.2) is 0 Å². The Hall–Kier alpha value is -4.52. The van der Waals surface area contributed by atoms with E-state index in [-0.39, 0.29) is 11.5 Å². The molecule has 2 N–H and O–H groups in total. The standard InChI is InChI=1S/C42H34Br2O4/c43-37-21-33-18-31-15-7-13-29(41(31)47-25-27-9-3-1-4-10-27)17-30-14-8-16-32(42(30)48-26-28-11-5-2-6-12-28)19-34-22-38(44)24-36(40(34)46)20-35(23-37)39(33)45/h1-16,21-24,45-46H,17-20,25-26H2. The first-order valence-corrected chi connectivity index (χ1v) is 17.6. The molecule has 0 amide bonds. The Morgan fingerprint density at radius 1 is 0.417 bits per heavy atom. The lowest BCUT2D eigenvalue weighted by Gasteiger charge is -2.21. The van der Waals surface area contributed by atoms with Crippen LogP contribution in [0.5, 0.6) is 23.0 Å². The van der Waals surface area contributed by atoms with Crippen LogP contribution in [-0.4, -0.2) is 10.2 Å². The minimum atomic E-state index is 0.215. The average Bonchev–Trinajstić information content (AvgIpc) is 3.09. The summed E-state index contributed by atoms with van der Waals surface area (Å²) in [7, 11) is 0. The summed E-state index contributed by atoms with van der Waals surface area (Å²) in [5.41, 5.74) is 9.16. The van der Waals surface area contributed by atoms with Crippen LogP contribution in [0.15, 0.2) is 130 Å². The topological polar surface area (TPSA) is 58.9 Å². The SMILES string of the molecule is Oc1c2cc(Br)cc1Cc1cccc(c1OCc1ccccc1)Cc1cccc(c1OCc1ccccc1)Cc1cc(Br)cc(c1O)C2. The van der Waals surface area contributed by atoms with Crippen molar-refractivity contribution in [3.8, 4) is 23.0 Å². The van der Waals surface area contributed by atoms with Crippen LogP contribution in [0, 0.1) is 0 Å². The molecular weight excluding hydrogens is 728 g/mol. The van der Waals surface area contributed by atoms with Gasteiger partial charge in [-0.25, -0.2) is 0 Å². The van der Waals surface area contributed by atoms with Crippen molar-refractivity contribution in [1.29, 1.82) is 0 Å². The van der Waals surface area contributed by atoms with E-state index in [0.717, 1.165) is 76.1 Å². The molecule has 0 heterocycles. The van der Waals surface area contributed by atoms with Gasteiger partial charge in [0.25, 0.3) is 0 Å². The van der Waals surface area contributed by atoms with Gasteiger partial charge in [-0.15, -0.1) is 0 Å². The van der Waals surface area contributed by atoms with Crippen LogP contribution in [-0.2, 0) is 38.9 Å². The number of phenolic OH excluding ortho intramolecular Hbond substituents is 2. The van der Waals surface area contributed by atoms with Crippen molar-refractivity contribution >= 4 is 31.9 Å². The first-order chi connectivity index (χ1) is 23.4. The Kier molecular flexibility index (Phi) is 9.55. The lowest BCUT2D eigenvalue weighted by atomic mass is 9.91. The molecule has 0 aromatic heterocycles. The van der Waals surface area contributed by atoms with Gasteiger partial charge in [-0.05, 0) is 79.9 Å². The van der Waals surface area contributed by atoms with Crippen LogP contribution in [0.4, 0.5) is 0 Å². The Morgan fingerprint density at radius 2 is 0.729 bits per heavy atom. The fraction of sp³-hybridized carbons (Fsp3) is 0.143. The van der Waals surface area contributed by atoms with Gasteiger partial charge in [0.1, 0.15) is 36.2 Å². The van der Waals surface area contributed by atoms with Gasteiger partial charge in [-0.1, -0.05) is 129 Å². The number of benzene rings is 6. The number of phenols is 2. The fourth-order valence-corrected chi connectivity index (χ4v) is 7.56. The fourth-order valence-electron chi connectivity index (χ4n) is 6.46. The molecule has 8 bridgehead atoms. The number of halogens is 2. The van der Waals surface area contributed by atoms with Crippen molar-refractivity contribution in [3.05, 3.63) is 186 Å². The van der Waals surface area contributed by atoms with E-state index in [1.807, 2.05) is 60.7 Å². The van der Waals surface area contributed by atoms with E-state index in [9.17, 15) is 10.2 Å². The molecule has 4 nitrogen and oxygen atoms in total. The highest BCUT2D eigenvalue weighted by atomic mass is 79.9. The maximum absolute atomic E-state index is 11.6. The second-order valence-electron chi connectivity index (χ2n) is 12.2. The zero-order chi connectivity index (χ0) is 33.0. The number of para-hydroxylation sites is 2. The molecule has 0 radical (unpaired) electrons. The molecule has 6 aromatic carbocycles. The number of hydrogen-bond acceptors (Lipinski definition) is 4. The number of ether oxygens (including phenoxy) is 2. The zero-order valence-corrected chi connectivity index (χ0v) is 29.4. The van der Waals surface area contributed by atoms with E-state index in [4.69, 9.17) is 9.47 Å². The first-order valence-electron chi connectivity index (χ1n) is 16.0. The van der Waals surface area contributed by atoms with Crippen LogP contribution in [0.2, 0.25) is 0 Å². The van der Waals surface area contributed by atoms with Gasteiger partial charge in [0, 0.05) is 34.6 Å². The van der Waals surface area contributed by atoms with Crippen molar-refractivity contribution in [1.82, 2.24) is 0 Å². The van der Waals surface area contributed by atoms with Gasteiger partial charge in [-0.2, -0.15) is 0 Å². The molecule has 0 spiro atoms. The maximum atomic E-state index is 11.6. The molecule has 6 aromatic rings. The van der Waals surface area contributed by atoms with Gasteiger partial charge in [0.05, 0.1) is 0 Å². The number of rotatable bonds is 6. The molecule has 0 atom stereocenters. The van der Waals surface area contributed by atoms with Crippen molar-refractivity contribution in [2.45, 2.75) is 38.9 Å². The third-order valence-corrected chi connectivity index (χ3v) is 9.71. The van der Waals surface area contributed by atoms with E-state index < -0.39 is 0 Å². The summed E-state index contributed by atoms with van der Waals surface area (Å²) >= 11 is 7.37. The van der Waals surface area contributed by atoms with E-state index >= 15 is 0 Å². The van der Waals surface area contributed by atoms with Crippen molar-refractivity contribution in [2.75, 3.05) is 0 Å². The zero-order valence-electron chi connectivity index (χ0n) is 26.3. The van der Waals surface area contributed by atoms with Crippen molar-refractivity contribution in [3.63, 3.8) is 0 Å². The molecule has 1 aliphatic carbocycles. The summed E-state index contributed by atoms with van der Waals surface area (Å²) in [5, 5.41) is 23.3. The minimum Gasteiger partial charge on any atom is -0.507 e. The summed E-state index contributed by atoms with van der Waals surface area (Å²) in [6, 6.07) is 40.6. The molecule has 0 unspecified atom stereocenters. The summed E-state index contributed by atoms with van der Waals surface area (Å²) in [5.74, 6) is 2.04. The number of fused-ring (bicyclic) bond motifs is 8. The third kappa shape index (κ3) is 7.15. The average molecular weight is 763 g/mol. The second kappa shape index (κ2) is 14.3. The Bertz CT molecular complexity index is 1930. The lowest BCUT2D eigenvalue weighted by Crippen LogP contribution is -2.07. The largest absolute Gasteiger partial charge is 0.507 e. The van der Waals surface area contributed by atoms with E-state index in [1.54, 1.807) is 0 Å². The number of aromatic hydroxyl groups is 2. The van der Waals surface area contributed by atoms with E-state index in [0.29, 0.717) is 38.9 Å². The molecular formula is C42H34Br2O4. The Morgan fingerprint density at radius 3 is 1.08 bits per heavy atom. The monoisotopic (exact) mass is 760 g/mol. The van der Waals surface area contributed by atoms with Crippen molar-refractivity contribution < 1.29 is 19.7 Å². The highest BCUT2D eigenvalue weighted by Crippen LogP contribution is 2.40. The lowest BCUT2D eigenvalue weighted by molar-refractivity contribution is 0.297. The molecule has 0 fully saturated rings. The van der Waals surface area contributed by atoms with Gasteiger partial charge >= 0.3 is 0 Å². The summed E-state index contributed by atoms with van der Waals surface area (Å²) in [4.78, 5) is 0. The van der Waals surface area contributed by atoms with Gasteiger partial charge < -0.3 is 19.7 Å². The van der Waals surface area contributed by atoms with Crippen LogP contribution >= 0.6 is 31.9 Å². The van der Waals surface area contributed by atoms with Crippen LogP contribution in [0.25, 0.3) is 0 Å². The van der Waals surface area contributed by atoms with Crippen molar-refractivity contribution in [2.24, 2.45) is 0 Å². The van der Waals surface area contributed by atoms with E-state index in [1.165, 1.54) is 0 Å². The van der Waals surface area contributed by atoms with Crippen LogP contribution in [0.3, 0.4) is 0 Å². The predicted octanol–water partition coefficient (Wildman–Crippen LogP) is 10.5. The summed E-state index contributed by atoms with van der Waals surface area (Å²) in [6.07, 6.45) is 1.85. The van der Waals surface area contributed by atoms with Gasteiger partial charge in [0.2, 0.25) is 0 Å². The maximum Gasteiger partial charge on any atom is 0.126 e. The summed E-state index contributed by atoms with van der Waals surface area (Å²) in [6.45, 7) is 0.835. The molecule has 48 heavy (non-hydrogen) atoms. The quantitative estimate of drug-likeness (QED) is 0.177. The van der Waals surface area contributed by atoms with Crippen LogP contribution in [0.1, 0.15) is 55.6 Å². The molecule has 0 saturated heterocycles. The number of hydrogen-bond donors (Lipinski definition) is 2. The summed E-state index contributed by atoms with van der Waals surface area (Å²) < 4.78 is 15.1. The highest BCUT2D eigenvalue weighted by Gasteiger charge is 2.21. The Balaban J connectivity index is 1.40. The smallest absolute Gasteiger partial charge is 0.126 e. The third-order valence-electron chi connectivity index (χ3n) is 8.80. The normalized spacial score (nSPS) is 12.4.